The largest absolute Gasteiger partial charge is 0.486 e. The lowest BCUT2D eigenvalue weighted by molar-refractivity contribution is -0.117. The predicted molar refractivity (Wildman–Crippen MR) is 65.6 cm³/mol. The van der Waals surface area contributed by atoms with E-state index in [2.05, 4.69) is 16.2 Å². The summed E-state index contributed by atoms with van der Waals surface area (Å²) in [6.45, 7) is 1.91. The van der Waals surface area contributed by atoms with Crippen molar-refractivity contribution < 1.29 is 14.3 Å². The third-order valence-corrected chi connectivity index (χ3v) is 2.96. The van der Waals surface area contributed by atoms with Gasteiger partial charge in [-0.05, 0) is 18.6 Å². The van der Waals surface area contributed by atoms with Gasteiger partial charge < -0.3 is 14.8 Å². The van der Waals surface area contributed by atoms with Gasteiger partial charge in [0.25, 0.3) is 0 Å². The molecule has 1 aromatic carbocycles. The quantitative estimate of drug-likeness (QED) is 0.701. The summed E-state index contributed by atoms with van der Waals surface area (Å²) in [5.74, 6) is 1.35. The number of anilines is 1. The molecular weight excluding hydrogens is 234 g/mol. The van der Waals surface area contributed by atoms with Gasteiger partial charge in [-0.1, -0.05) is 0 Å². The van der Waals surface area contributed by atoms with Gasteiger partial charge in [-0.25, -0.2) is 5.43 Å². The van der Waals surface area contributed by atoms with Crippen LogP contribution < -0.4 is 25.6 Å². The van der Waals surface area contributed by atoms with Gasteiger partial charge in [0.1, 0.15) is 19.3 Å². The van der Waals surface area contributed by atoms with E-state index in [0.717, 1.165) is 24.4 Å². The number of fused-ring (bicyclic) bond motifs is 1. The molecule has 0 aromatic heterocycles. The molecule has 0 aliphatic carbocycles. The van der Waals surface area contributed by atoms with Crippen molar-refractivity contribution in [3.63, 3.8) is 0 Å². The van der Waals surface area contributed by atoms with Crippen LogP contribution in [0.4, 0.5) is 5.69 Å². The highest BCUT2D eigenvalue weighted by molar-refractivity contribution is 5.95. The maximum atomic E-state index is 11.9. The molecule has 0 radical (unpaired) electrons. The second kappa shape index (κ2) is 4.83. The van der Waals surface area contributed by atoms with Gasteiger partial charge in [-0.15, -0.1) is 0 Å². The minimum Gasteiger partial charge on any atom is -0.486 e. The van der Waals surface area contributed by atoms with Gasteiger partial charge in [0.2, 0.25) is 5.91 Å². The molecule has 1 aromatic rings. The summed E-state index contributed by atoms with van der Waals surface area (Å²) >= 11 is 0. The van der Waals surface area contributed by atoms with Crippen molar-refractivity contribution in [3.05, 3.63) is 18.2 Å². The third-order valence-electron chi connectivity index (χ3n) is 2.96. The molecule has 3 rings (SSSR count). The highest BCUT2D eigenvalue weighted by Crippen LogP contribution is 2.32. The Morgan fingerprint density at radius 3 is 2.89 bits per heavy atom. The zero-order chi connectivity index (χ0) is 12.4. The summed E-state index contributed by atoms with van der Waals surface area (Å²) in [6.07, 6.45) is 0.788. The van der Waals surface area contributed by atoms with Crippen LogP contribution in [0.15, 0.2) is 18.2 Å². The first-order valence-corrected chi connectivity index (χ1v) is 6.02. The van der Waals surface area contributed by atoms with E-state index in [1.165, 1.54) is 0 Å². The summed E-state index contributed by atoms with van der Waals surface area (Å²) in [5.41, 5.74) is 6.57. The van der Waals surface area contributed by atoms with Crippen molar-refractivity contribution in [3.8, 4) is 11.5 Å². The molecule has 2 aliphatic heterocycles. The summed E-state index contributed by atoms with van der Waals surface area (Å²) in [7, 11) is 0. The van der Waals surface area contributed by atoms with Crippen molar-refractivity contribution in [1.29, 1.82) is 0 Å². The number of hydrazine groups is 1. The van der Waals surface area contributed by atoms with Crippen molar-refractivity contribution in [2.75, 3.05) is 25.1 Å². The number of rotatable bonds is 2. The van der Waals surface area contributed by atoms with Gasteiger partial charge in [-0.3, -0.25) is 10.2 Å². The van der Waals surface area contributed by atoms with Gasteiger partial charge >= 0.3 is 0 Å². The molecule has 1 saturated heterocycles. The molecule has 6 heteroatoms. The first-order chi connectivity index (χ1) is 8.83. The van der Waals surface area contributed by atoms with Crippen molar-refractivity contribution >= 4 is 11.6 Å². The van der Waals surface area contributed by atoms with E-state index in [4.69, 9.17) is 9.47 Å². The van der Waals surface area contributed by atoms with Gasteiger partial charge in [0, 0.05) is 18.3 Å². The van der Waals surface area contributed by atoms with E-state index < -0.39 is 0 Å². The van der Waals surface area contributed by atoms with Crippen LogP contribution in [0.2, 0.25) is 0 Å². The molecule has 0 saturated carbocycles. The smallest absolute Gasteiger partial charge is 0.242 e. The number of ether oxygens (including phenoxy) is 2. The van der Waals surface area contributed by atoms with E-state index in [9.17, 15) is 4.79 Å². The SMILES string of the molecule is O=C(Nc1ccc2c(c1)OCCO2)C1CCNN1. The van der Waals surface area contributed by atoms with Crippen LogP contribution in [0.3, 0.4) is 0 Å². The molecule has 0 bridgehead atoms. The van der Waals surface area contributed by atoms with Crippen LogP contribution in [0.1, 0.15) is 6.42 Å². The normalized spacial score (nSPS) is 21.7. The molecule has 1 atom stereocenters. The fourth-order valence-corrected chi connectivity index (χ4v) is 2.03. The second-order valence-corrected chi connectivity index (χ2v) is 4.26. The van der Waals surface area contributed by atoms with Crippen LogP contribution in [0.5, 0.6) is 11.5 Å². The molecule has 2 heterocycles. The lowest BCUT2D eigenvalue weighted by Gasteiger charge is -2.19. The van der Waals surface area contributed by atoms with E-state index in [1.807, 2.05) is 12.1 Å². The Balaban J connectivity index is 1.70. The Morgan fingerprint density at radius 2 is 2.11 bits per heavy atom. The lowest BCUT2D eigenvalue weighted by atomic mass is 10.2. The highest BCUT2D eigenvalue weighted by atomic mass is 16.6. The molecular formula is C12H15N3O3. The molecule has 1 amide bonds. The average molecular weight is 249 g/mol. The number of benzene rings is 1. The predicted octanol–water partition coefficient (Wildman–Crippen LogP) is 0.263. The van der Waals surface area contributed by atoms with Crippen LogP contribution in [0, 0.1) is 0 Å². The van der Waals surface area contributed by atoms with Crippen molar-refractivity contribution in [1.82, 2.24) is 10.9 Å². The molecule has 1 unspecified atom stereocenters. The van der Waals surface area contributed by atoms with E-state index in [0.29, 0.717) is 19.0 Å². The Hall–Kier alpha value is -1.79. The number of amides is 1. The molecule has 96 valence electrons. The standard InChI is InChI=1S/C12H15N3O3/c16-12(9-3-4-13-15-9)14-8-1-2-10-11(7-8)18-6-5-17-10/h1-2,7,9,13,15H,3-6H2,(H,14,16). The first kappa shape index (κ1) is 11.3. The first-order valence-electron chi connectivity index (χ1n) is 6.02. The van der Waals surface area contributed by atoms with Crippen LogP contribution in [0.25, 0.3) is 0 Å². The minimum absolute atomic E-state index is 0.0447. The summed E-state index contributed by atoms with van der Waals surface area (Å²) in [5, 5.41) is 2.86. The molecule has 18 heavy (non-hydrogen) atoms. The maximum absolute atomic E-state index is 11.9. The maximum Gasteiger partial charge on any atom is 0.242 e. The summed E-state index contributed by atoms with van der Waals surface area (Å²) in [6, 6.07) is 5.23. The Morgan fingerprint density at radius 1 is 1.28 bits per heavy atom. The summed E-state index contributed by atoms with van der Waals surface area (Å²) in [4.78, 5) is 11.9. The van der Waals surface area contributed by atoms with E-state index in [1.54, 1.807) is 6.07 Å². The fraction of sp³-hybridized carbons (Fsp3) is 0.417. The third kappa shape index (κ3) is 2.25. The zero-order valence-corrected chi connectivity index (χ0v) is 9.86. The van der Waals surface area contributed by atoms with Gasteiger partial charge in [0.05, 0.1) is 0 Å². The summed E-state index contributed by atoms with van der Waals surface area (Å²) < 4.78 is 10.9. The van der Waals surface area contributed by atoms with Crippen molar-refractivity contribution in [2.45, 2.75) is 12.5 Å². The number of nitrogens with one attached hydrogen (secondary N) is 3. The van der Waals surface area contributed by atoms with Gasteiger partial charge in [-0.2, -0.15) is 0 Å². The zero-order valence-electron chi connectivity index (χ0n) is 9.86. The number of carbonyl (C=O) groups excluding carboxylic acids is 1. The minimum atomic E-state index is -0.182. The molecule has 2 aliphatic rings. The topological polar surface area (TPSA) is 71.6 Å². The van der Waals surface area contributed by atoms with Gasteiger partial charge in [0.15, 0.2) is 11.5 Å². The number of hydrogen-bond acceptors (Lipinski definition) is 5. The molecule has 1 fully saturated rings. The number of carbonyl (C=O) groups is 1. The Kier molecular flexibility index (Phi) is 3.04. The molecule has 6 nitrogen and oxygen atoms in total. The second-order valence-electron chi connectivity index (χ2n) is 4.26. The lowest BCUT2D eigenvalue weighted by Crippen LogP contribution is -2.39. The van der Waals surface area contributed by atoms with Crippen LogP contribution >= 0.6 is 0 Å². The highest BCUT2D eigenvalue weighted by Gasteiger charge is 2.22. The Labute approximate surface area is 105 Å². The number of hydrogen-bond donors (Lipinski definition) is 3. The monoisotopic (exact) mass is 249 g/mol. The van der Waals surface area contributed by atoms with Crippen LogP contribution in [-0.4, -0.2) is 31.7 Å². The van der Waals surface area contributed by atoms with Crippen LogP contribution in [-0.2, 0) is 4.79 Å². The average Bonchev–Trinajstić information content (AvgIpc) is 2.92. The fourth-order valence-electron chi connectivity index (χ4n) is 2.03. The van der Waals surface area contributed by atoms with E-state index in [-0.39, 0.29) is 11.9 Å². The molecule has 0 spiro atoms. The Bertz CT molecular complexity index is 458. The van der Waals surface area contributed by atoms with Crippen molar-refractivity contribution in [2.24, 2.45) is 0 Å². The van der Waals surface area contributed by atoms with E-state index >= 15 is 0 Å². The molecule has 3 N–H and O–H groups in total.